The molecule has 0 saturated carbocycles. The maximum Gasteiger partial charge on any atom is 0.322 e. The number of nitrogens with one attached hydrogen (secondary N) is 3. The Labute approximate surface area is 197 Å². The second kappa shape index (κ2) is 12.1. The lowest BCUT2D eigenvalue weighted by Crippen LogP contribution is -2.31. The summed E-state index contributed by atoms with van der Waals surface area (Å²) < 4.78 is 0. The third-order valence-corrected chi connectivity index (χ3v) is 4.41. The molecule has 0 saturated heterocycles. The lowest BCUT2D eigenvalue weighted by Gasteiger charge is -2.08. The summed E-state index contributed by atoms with van der Waals surface area (Å²) in [6.07, 6.45) is 1.48. The SMILES string of the molecule is N[C@@H](CS)C(=O)O.Nc1nc2ncc(CNc3ccc(C(=O)NCC(=O)O)cc3)nc2c(=O)[nH]1. The summed E-state index contributed by atoms with van der Waals surface area (Å²) in [5, 5.41) is 21.9. The van der Waals surface area contributed by atoms with E-state index in [4.69, 9.17) is 21.7 Å². The first-order valence-electron chi connectivity index (χ1n) is 9.55. The molecule has 180 valence electrons. The van der Waals surface area contributed by atoms with Crippen LogP contribution < -0.4 is 27.7 Å². The molecular weight excluding hydrogens is 468 g/mol. The van der Waals surface area contributed by atoms with E-state index in [-0.39, 0.29) is 29.4 Å². The van der Waals surface area contributed by atoms with Crippen LogP contribution in [0.1, 0.15) is 16.1 Å². The van der Waals surface area contributed by atoms with Gasteiger partial charge in [-0.2, -0.15) is 17.6 Å². The van der Waals surface area contributed by atoms with Crippen LogP contribution in [0.2, 0.25) is 0 Å². The van der Waals surface area contributed by atoms with Gasteiger partial charge in [0, 0.05) is 17.0 Å². The molecule has 0 aliphatic rings. The van der Waals surface area contributed by atoms with Gasteiger partial charge in [-0.15, -0.1) is 0 Å². The summed E-state index contributed by atoms with van der Waals surface area (Å²) in [5.74, 6) is -2.43. The number of rotatable bonds is 8. The molecule has 14 nitrogen and oxygen atoms in total. The van der Waals surface area contributed by atoms with Crippen molar-refractivity contribution in [2.75, 3.05) is 23.3 Å². The van der Waals surface area contributed by atoms with Crippen LogP contribution in [0.5, 0.6) is 0 Å². The van der Waals surface area contributed by atoms with E-state index >= 15 is 0 Å². The number of hydrogen-bond acceptors (Lipinski definition) is 11. The number of fused-ring (bicyclic) bond motifs is 1. The number of hydrogen-bond donors (Lipinski definition) is 8. The molecule has 0 spiro atoms. The van der Waals surface area contributed by atoms with Gasteiger partial charge in [0.15, 0.2) is 11.2 Å². The van der Waals surface area contributed by atoms with E-state index in [1.165, 1.54) is 6.20 Å². The van der Waals surface area contributed by atoms with Gasteiger partial charge in [-0.1, -0.05) is 0 Å². The monoisotopic (exact) mass is 490 g/mol. The number of nitrogens with two attached hydrogens (primary N) is 2. The van der Waals surface area contributed by atoms with E-state index in [9.17, 15) is 19.2 Å². The second-order valence-corrected chi connectivity index (χ2v) is 6.98. The van der Waals surface area contributed by atoms with Crippen LogP contribution in [-0.4, -0.2) is 66.3 Å². The first kappa shape index (κ1) is 26.0. The minimum Gasteiger partial charge on any atom is -0.480 e. The van der Waals surface area contributed by atoms with Gasteiger partial charge in [-0.3, -0.25) is 24.2 Å². The number of anilines is 2. The van der Waals surface area contributed by atoms with E-state index in [1.54, 1.807) is 24.3 Å². The molecular formula is C19H22N8O6S. The number of carbonyl (C=O) groups is 3. The van der Waals surface area contributed by atoms with Crippen LogP contribution in [0.3, 0.4) is 0 Å². The third kappa shape index (κ3) is 7.72. The van der Waals surface area contributed by atoms with Gasteiger partial charge < -0.3 is 32.3 Å². The number of aromatic amines is 1. The quantitative estimate of drug-likeness (QED) is 0.178. The summed E-state index contributed by atoms with van der Waals surface area (Å²) in [5.41, 5.74) is 11.7. The Hall–Kier alpha value is -4.24. The maximum atomic E-state index is 11.8. The Morgan fingerprint density at radius 1 is 1.15 bits per heavy atom. The van der Waals surface area contributed by atoms with Gasteiger partial charge in [0.1, 0.15) is 12.6 Å². The van der Waals surface area contributed by atoms with Crippen molar-refractivity contribution in [1.29, 1.82) is 0 Å². The van der Waals surface area contributed by atoms with Crippen molar-refractivity contribution in [2.45, 2.75) is 12.6 Å². The molecule has 1 amide bonds. The maximum absolute atomic E-state index is 11.8. The molecule has 1 aromatic carbocycles. The van der Waals surface area contributed by atoms with E-state index < -0.39 is 36.0 Å². The molecule has 9 N–H and O–H groups in total. The molecule has 15 heteroatoms. The molecule has 0 aliphatic carbocycles. The van der Waals surface area contributed by atoms with E-state index in [2.05, 4.69) is 43.2 Å². The highest BCUT2D eigenvalue weighted by molar-refractivity contribution is 7.80. The highest BCUT2D eigenvalue weighted by Gasteiger charge is 2.09. The van der Waals surface area contributed by atoms with Crippen molar-refractivity contribution >= 4 is 53.3 Å². The first-order valence-corrected chi connectivity index (χ1v) is 10.2. The van der Waals surface area contributed by atoms with E-state index in [1.807, 2.05) is 0 Å². The summed E-state index contributed by atoms with van der Waals surface area (Å²) >= 11 is 3.65. The van der Waals surface area contributed by atoms with E-state index in [0.29, 0.717) is 16.9 Å². The standard InChI is InChI=1S/C16H15N7O4.C3H7NO2S/c17-16-22-13-12(15(27)23-16)21-10(6-19-13)5-18-9-3-1-8(2-4-9)14(26)20-7-11(24)25;4-2(1-7)3(5)6/h1-4,6,18H,5,7H2,(H,20,26)(H,24,25)(H3,17,19,22,23,27);2,7H,1,4H2,(H,5,6)/t;2-/m.0/s1. The average molecular weight is 491 g/mol. The minimum absolute atomic E-state index is 0.0276. The largest absolute Gasteiger partial charge is 0.480 e. The number of nitrogen functional groups attached to an aromatic ring is 1. The van der Waals surface area contributed by atoms with Crippen molar-refractivity contribution < 1.29 is 24.6 Å². The minimum atomic E-state index is -1.12. The Morgan fingerprint density at radius 3 is 2.38 bits per heavy atom. The number of nitrogens with zero attached hydrogens (tertiary/aromatic N) is 3. The average Bonchev–Trinajstić information content (AvgIpc) is 2.81. The number of aromatic nitrogens is 4. The fourth-order valence-corrected chi connectivity index (χ4v) is 2.48. The van der Waals surface area contributed by atoms with Gasteiger partial charge >= 0.3 is 11.9 Å². The first-order chi connectivity index (χ1) is 16.1. The number of H-pyrrole nitrogens is 1. The Balaban J connectivity index is 0.000000509. The summed E-state index contributed by atoms with van der Waals surface area (Å²) in [4.78, 5) is 58.4. The second-order valence-electron chi connectivity index (χ2n) is 6.62. The molecule has 34 heavy (non-hydrogen) atoms. The van der Waals surface area contributed by atoms with Gasteiger partial charge in [-0.05, 0) is 24.3 Å². The van der Waals surface area contributed by atoms with Crippen molar-refractivity contribution in [1.82, 2.24) is 25.3 Å². The molecule has 0 bridgehead atoms. The van der Waals surface area contributed by atoms with Crippen LogP contribution in [0.15, 0.2) is 35.3 Å². The van der Waals surface area contributed by atoms with Crippen LogP contribution in [-0.2, 0) is 16.1 Å². The summed E-state index contributed by atoms with van der Waals surface area (Å²) in [6.45, 7) is -0.156. The Bertz CT molecular complexity index is 1230. The number of thiol groups is 1. The molecule has 2 aromatic heterocycles. The van der Waals surface area contributed by atoms with Gasteiger partial charge in [-0.25, -0.2) is 9.97 Å². The molecule has 0 fully saturated rings. The molecule has 3 rings (SSSR count). The fraction of sp³-hybridized carbons (Fsp3) is 0.211. The van der Waals surface area contributed by atoms with Gasteiger partial charge in [0.05, 0.1) is 18.4 Å². The number of carboxylic acids is 2. The molecule has 1 atom stereocenters. The third-order valence-electron chi connectivity index (χ3n) is 4.02. The number of carboxylic acid groups (broad SMARTS) is 2. The molecule has 3 aromatic rings. The number of amides is 1. The molecule has 0 unspecified atom stereocenters. The fourth-order valence-electron chi connectivity index (χ4n) is 2.32. The van der Waals surface area contributed by atoms with Crippen LogP contribution in [0, 0.1) is 0 Å². The number of aliphatic carboxylic acids is 2. The van der Waals surface area contributed by atoms with E-state index in [0.717, 1.165) is 0 Å². The highest BCUT2D eigenvalue weighted by atomic mass is 32.1. The predicted molar refractivity (Wildman–Crippen MR) is 126 cm³/mol. The molecule has 0 aliphatic heterocycles. The number of carbonyl (C=O) groups excluding carboxylic acids is 1. The Kier molecular flexibility index (Phi) is 9.27. The zero-order valence-electron chi connectivity index (χ0n) is 17.6. The van der Waals surface area contributed by atoms with Crippen molar-refractivity contribution in [3.63, 3.8) is 0 Å². The summed E-state index contributed by atoms with van der Waals surface area (Å²) in [7, 11) is 0. The summed E-state index contributed by atoms with van der Waals surface area (Å²) in [6, 6.07) is 5.63. The lowest BCUT2D eigenvalue weighted by atomic mass is 10.2. The van der Waals surface area contributed by atoms with Crippen molar-refractivity contribution in [3.8, 4) is 0 Å². The zero-order valence-corrected chi connectivity index (χ0v) is 18.5. The highest BCUT2D eigenvalue weighted by Crippen LogP contribution is 2.11. The van der Waals surface area contributed by atoms with Gasteiger partial charge in [0.2, 0.25) is 5.95 Å². The van der Waals surface area contributed by atoms with Crippen LogP contribution in [0.4, 0.5) is 11.6 Å². The topological polar surface area (TPSA) is 239 Å². The number of benzene rings is 1. The molecule has 0 radical (unpaired) electrons. The van der Waals surface area contributed by atoms with Crippen molar-refractivity contribution in [2.24, 2.45) is 5.73 Å². The zero-order chi connectivity index (χ0) is 25.3. The van der Waals surface area contributed by atoms with Crippen molar-refractivity contribution in [3.05, 3.63) is 52.1 Å². The van der Waals surface area contributed by atoms with Gasteiger partial charge in [0.25, 0.3) is 11.5 Å². The predicted octanol–water partition coefficient (Wildman–Crippen LogP) is -0.950. The van der Waals surface area contributed by atoms with Crippen LogP contribution in [0.25, 0.3) is 11.2 Å². The Morgan fingerprint density at radius 2 is 1.82 bits per heavy atom. The normalized spacial score (nSPS) is 11.1. The lowest BCUT2D eigenvalue weighted by molar-refractivity contribution is -0.138. The molecule has 2 heterocycles. The van der Waals surface area contributed by atoms with Crippen LogP contribution >= 0.6 is 12.6 Å². The smallest absolute Gasteiger partial charge is 0.322 e.